The predicted molar refractivity (Wildman–Crippen MR) is 68.6 cm³/mol. The molecule has 1 heterocycles. The minimum Gasteiger partial charge on any atom is -0.481 e. The molecule has 0 aromatic heterocycles. The maximum atomic E-state index is 13.5. The first-order valence-electron chi connectivity index (χ1n) is 6.38. The van der Waals surface area contributed by atoms with Crippen molar-refractivity contribution >= 4 is 11.9 Å². The highest BCUT2D eigenvalue weighted by molar-refractivity contribution is 5.81. The molecule has 1 aliphatic rings. The molecule has 2 N–H and O–H groups in total. The van der Waals surface area contributed by atoms with Crippen LogP contribution in [0.1, 0.15) is 12.5 Å². The van der Waals surface area contributed by atoms with Gasteiger partial charge in [0.25, 0.3) is 0 Å². The standard InChI is InChI=1S/C14H15F2NO4/c1-14(13(19)20)7-21-6-10(14)17-11(18)5-8-3-2-4-9(15)12(8)16/h2-4,10H,5-7H2,1H3,(H,17,18)(H,19,20). The fourth-order valence-electron chi connectivity index (χ4n) is 2.19. The summed E-state index contributed by atoms with van der Waals surface area (Å²) >= 11 is 0. The summed E-state index contributed by atoms with van der Waals surface area (Å²) in [6.07, 6.45) is -0.365. The van der Waals surface area contributed by atoms with Crippen molar-refractivity contribution in [1.29, 1.82) is 0 Å². The fraction of sp³-hybridized carbons (Fsp3) is 0.429. The molecular weight excluding hydrogens is 284 g/mol. The number of halogens is 2. The van der Waals surface area contributed by atoms with Crippen molar-refractivity contribution in [2.45, 2.75) is 19.4 Å². The second-order valence-electron chi connectivity index (χ2n) is 5.25. The monoisotopic (exact) mass is 299 g/mol. The Kier molecular flexibility index (Phi) is 4.22. The number of benzene rings is 1. The van der Waals surface area contributed by atoms with Crippen LogP contribution in [0.25, 0.3) is 0 Å². The molecule has 0 radical (unpaired) electrons. The lowest BCUT2D eigenvalue weighted by Crippen LogP contribution is -2.50. The highest BCUT2D eigenvalue weighted by Crippen LogP contribution is 2.28. The molecule has 1 fully saturated rings. The van der Waals surface area contributed by atoms with Gasteiger partial charge in [0.05, 0.1) is 25.7 Å². The Bertz CT molecular complexity index is 578. The number of amides is 1. The van der Waals surface area contributed by atoms with Gasteiger partial charge in [-0.05, 0) is 13.0 Å². The SMILES string of the molecule is CC1(C(=O)O)COCC1NC(=O)Cc1cccc(F)c1F. The van der Waals surface area contributed by atoms with E-state index in [9.17, 15) is 23.5 Å². The van der Waals surface area contributed by atoms with Crippen molar-refractivity contribution < 1.29 is 28.2 Å². The molecule has 2 unspecified atom stereocenters. The molecule has 2 atom stereocenters. The summed E-state index contributed by atoms with van der Waals surface area (Å²) in [5.41, 5.74) is -1.31. The number of carboxylic acids is 1. The number of nitrogens with one attached hydrogen (secondary N) is 1. The highest BCUT2D eigenvalue weighted by atomic mass is 19.2. The molecule has 0 saturated carbocycles. The van der Waals surface area contributed by atoms with Crippen molar-refractivity contribution in [2.24, 2.45) is 5.41 Å². The Hall–Kier alpha value is -2.02. The first-order chi connectivity index (χ1) is 9.84. The number of hydrogen-bond donors (Lipinski definition) is 2. The third kappa shape index (κ3) is 3.02. The lowest BCUT2D eigenvalue weighted by molar-refractivity contribution is -0.149. The van der Waals surface area contributed by atoms with Crippen molar-refractivity contribution in [3.63, 3.8) is 0 Å². The summed E-state index contributed by atoms with van der Waals surface area (Å²) in [6, 6.07) is 2.86. The Labute approximate surface area is 119 Å². The van der Waals surface area contributed by atoms with Gasteiger partial charge in [-0.2, -0.15) is 0 Å². The number of aliphatic carboxylic acids is 1. The molecule has 2 rings (SSSR count). The largest absolute Gasteiger partial charge is 0.481 e. The minimum absolute atomic E-state index is 0.0123. The molecule has 1 aromatic carbocycles. The van der Waals surface area contributed by atoms with Crippen LogP contribution in [0.2, 0.25) is 0 Å². The minimum atomic E-state index is -1.23. The third-order valence-corrected chi connectivity index (χ3v) is 3.66. The van der Waals surface area contributed by atoms with E-state index in [0.717, 1.165) is 6.07 Å². The van der Waals surface area contributed by atoms with Crippen molar-refractivity contribution in [3.05, 3.63) is 35.4 Å². The average molecular weight is 299 g/mol. The first kappa shape index (κ1) is 15.4. The Morgan fingerprint density at radius 3 is 2.86 bits per heavy atom. The fourth-order valence-corrected chi connectivity index (χ4v) is 2.19. The summed E-state index contributed by atoms with van der Waals surface area (Å²) in [5.74, 6) is -3.76. The Morgan fingerprint density at radius 2 is 2.19 bits per heavy atom. The normalized spacial score (nSPS) is 24.8. The van der Waals surface area contributed by atoms with Crippen LogP contribution in [0.5, 0.6) is 0 Å². The smallest absolute Gasteiger partial charge is 0.313 e. The van der Waals surface area contributed by atoms with E-state index >= 15 is 0 Å². The number of carbonyl (C=O) groups is 2. The van der Waals surface area contributed by atoms with Crippen LogP contribution in [0, 0.1) is 17.0 Å². The molecule has 1 aliphatic heterocycles. The Morgan fingerprint density at radius 1 is 1.48 bits per heavy atom. The molecule has 0 bridgehead atoms. The maximum Gasteiger partial charge on any atom is 0.313 e. The van der Waals surface area contributed by atoms with E-state index in [-0.39, 0.29) is 25.2 Å². The molecule has 0 aliphatic carbocycles. The number of carbonyl (C=O) groups excluding carboxylic acids is 1. The van der Waals surface area contributed by atoms with Gasteiger partial charge in [-0.3, -0.25) is 9.59 Å². The van der Waals surface area contributed by atoms with Gasteiger partial charge in [0, 0.05) is 5.56 Å². The maximum absolute atomic E-state index is 13.5. The van der Waals surface area contributed by atoms with Gasteiger partial charge >= 0.3 is 5.97 Å². The summed E-state index contributed by atoms with van der Waals surface area (Å²) in [6.45, 7) is 1.53. The third-order valence-electron chi connectivity index (χ3n) is 3.66. The average Bonchev–Trinajstić information content (AvgIpc) is 2.78. The van der Waals surface area contributed by atoms with E-state index in [4.69, 9.17) is 4.74 Å². The van der Waals surface area contributed by atoms with Gasteiger partial charge in [0.1, 0.15) is 5.41 Å². The van der Waals surface area contributed by atoms with Gasteiger partial charge in [0.2, 0.25) is 5.91 Å². The van der Waals surface area contributed by atoms with E-state index in [1.54, 1.807) is 0 Å². The van der Waals surface area contributed by atoms with Crippen LogP contribution < -0.4 is 5.32 Å². The van der Waals surface area contributed by atoms with E-state index in [1.807, 2.05) is 0 Å². The summed E-state index contributed by atoms with van der Waals surface area (Å²) in [4.78, 5) is 23.1. The molecule has 5 nitrogen and oxygen atoms in total. The van der Waals surface area contributed by atoms with Crippen LogP contribution >= 0.6 is 0 Å². The van der Waals surface area contributed by atoms with Gasteiger partial charge in [0.15, 0.2) is 11.6 Å². The van der Waals surface area contributed by atoms with Gasteiger partial charge in [-0.1, -0.05) is 12.1 Å². The first-order valence-corrected chi connectivity index (χ1v) is 6.38. The summed E-state index contributed by atoms with van der Waals surface area (Å²) < 4.78 is 31.6. The summed E-state index contributed by atoms with van der Waals surface area (Å²) in [5, 5.41) is 11.7. The van der Waals surface area contributed by atoms with E-state index in [2.05, 4.69) is 5.32 Å². The van der Waals surface area contributed by atoms with E-state index in [0.29, 0.717) is 0 Å². The highest BCUT2D eigenvalue weighted by Gasteiger charge is 2.47. The molecule has 21 heavy (non-hydrogen) atoms. The quantitative estimate of drug-likeness (QED) is 0.873. The number of carboxylic acid groups (broad SMARTS) is 1. The second-order valence-corrected chi connectivity index (χ2v) is 5.25. The number of hydrogen-bond acceptors (Lipinski definition) is 3. The van der Waals surface area contributed by atoms with Gasteiger partial charge in [-0.15, -0.1) is 0 Å². The van der Waals surface area contributed by atoms with E-state index < -0.39 is 35.0 Å². The molecule has 1 saturated heterocycles. The van der Waals surface area contributed by atoms with Crippen LogP contribution in [0.4, 0.5) is 8.78 Å². The van der Waals surface area contributed by atoms with E-state index in [1.165, 1.54) is 19.1 Å². The van der Waals surface area contributed by atoms with Crippen LogP contribution in [-0.4, -0.2) is 36.2 Å². The van der Waals surface area contributed by atoms with Gasteiger partial charge < -0.3 is 15.2 Å². The van der Waals surface area contributed by atoms with Crippen molar-refractivity contribution in [2.75, 3.05) is 13.2 Å². The molecular formula is C14H15F2NO4. The zero-order chi connectivity index (χ0) is 15.6. The van der Waals surface area contributed by atoms with Crippen LogP contribution in [-0.2, 0) is 20.7 Å². The van der Waals surface area contributed by atoms with Crippen LogP contribution in [0.15, 0.2) is 18.2 Å². The van der Waals surface area contributed by atoms with Crippen molar-refractivity contribution in [1.82, 2.24) is 5.32 Å². The lowest BCUT2D eigenvalue weighted by Gasteiger charge is -2.25. The number of ether oxygens (including phenoxy) is 1. The molecule has 7 heteroatoms. The lowest BCUT2D eigenvalue weighted by atomic mass is 9.85. The second kappa shape index (κ2) is 5.77. The number of rotatable bonds is 4. The summed E-state index contributed by atoms with van der Waals surface area (Å²) in [7, 11) is 0. The predicted octanol–water partition coefficient (Wildman–Crippen LogP) is 1.11. The van der Waals surface area contributed by atoms with Gasteiger partial charge in [-0.25, -0.2) is 8.78 Å². The van der Waals surface area contributed by atoms with Crippen LogP contribution in [0.3, 0.4) is 0 Å². The molecule has 0 spiro atoms. The van der Waals surface area contributed by atoms with Crippen molar-refractivity contribution in [3.8, 4) is 0 Å². The molecule has 114 valence electrons. The Balaban J connectivity index is 2.05. The topological polar surface area (TPSA) is 75.6 Å². The zero-order valence-corrected chi connectivity index (χ0v) is 11.4. The zero-order valence-electron chi connectivity index (χ0n) is 11.4. The molecule has 1 amide bonds. The molecule has 1 aromatic rings.